The molecule has 3 aromatic rings. The normalized spacial score (nSPS) is 10.8. The van der Waals surface area contributed by atoms with Gasteiger partial charge in [-0.25, -0.2) is 4.98 Å². The number of rotatable bonds is 4. The Morgan fingerprint density at radius 2 is 2.18 bits per heavy atom. The Bertz CT molecular complexity index is 835. The van der Waals surface area contributed by atoms with Crippen LogP contribution in [0, 0.1) is 0 Å². The van der Waals surface area contributed by atoms with Gasteiger partial charge in [-0.3, -0.25) is 14.1 Å². The number of carbonyl (C=O) groups is 1. The van der Waals surface area contributed by atoms with Crippen LogP contribution in [0.1, 0.15) is 15.4 Å². The number of thiophene rings is 1. The van der Waals surface area contributed by atoms with Crippen molar-refractivity contribution in [1.29, 1.82) is 0 Å². The van der Waals surface area contributed by atoms with Crippen LogP contribution in [-0.4, -0.2) is 22.9 Å². The Morgan fingerprint density at radius 3 is 2.95 bits per heavy atom. The van der Waals surface area contributed by atoms with Crippen molar-refractivity contribution in [1.82, 2.24) is 15.3 Å². The average Bonchev–Trinajstić information content (AvgIpc) is 3.02. The predicted octanol–water partition coefficient (Wildman–Crippen LogP) is 3.39. The number of carbonyl (C=O) groups excluding carboxylic acids is 1. The minimum Gasteiger partial charge on any atom is -0.354 e. The van der Waals surface area contributed by atoms with Crippen LogP contribution in [0.4, 0.5) is 0 Å². The molecule has 1 amide bonds. The first-order valence-corrected chi connectivity index (χ1v) is 7.65. The molecule has 3 rings (SSSR count). The molecule has 0 bridgehead atoms. The van der Waals surface area contributed by atoms with Crippen molar-refractivity contribution in [3.05, 3.63) is 47.2 Å². The molecule has 22 heavy (non-hydrogen) atoms. The number of halogens is 1. The summed E-state index contributed by atoms with van der Waals surface area (Å²) in [6.07, 6.45) is 3.48. The van der Waals surface area contributed by atoms with E-state index >= 15 is 0 Å². The van der Waals surface area contributed by atoms with Crippen molar-refractivity contribution in [2.45, 2.75) is 6.61 Å². The van der Waals surface area contributed by atoms with E-state index in [0.717, 1.165) is 26.2 Å². The molecule has 112 valence electrons. The van der Waals surface area contributed by atoms with Crippen LogP contribution >= 0.6 is 23.2 Å². The summed E-state index contributed by atoms with van der Waals surface area (Å²) in [6, 6.07) is 7.46. The highest BCUT2D eigenvalue weighted by atomic mass is 35.5. The molecule has 0 saturated heterocycles. The van der Waals surface area contributed by atoms with Crippen molar-refractivity contribution >= 4 is 40.0 Å². The second-order valence-corrected chi connectivity index (χ2v) is 5.94. The molecule has 1 N–H and O–H groups in total. The van der Waals surface area contributed by atoms with Crippen molar-refractivity contribution in [2.24, 2.45) is 0 Å². The Morgan fingerprint density at radius 1 is 1.32 bits per heavy atom. The minimum absolute atomic E-state index is 0.216. The van der Waals surface area contributed by atoms with Gasteiger partial charge in [0.15, 0.2) is 0 Å². The van der Waals surface area contributed by atoms with Crippen molar-refractivity contribution < 1.29 is 9.08 Å². The summed E-state index contributed by atoms with van der Waals surface area (Å²) < 4.78 is 4.63. The lowest BCUT2D eigenvalue weighted by atomic mass is 10.1. The molecular formula is C15H12ClN3O2S. The van der Waals surface area contributed by atoms with Gasteiger partial charge in [0.25, 0.3) is 5.91 Å². The number of nitrogens with one attached hydrogen (secondary N) is 1. The minimum atomic E-state index is -0.216. The number of aromatic nitrogens is 2. The topological polar surface area (TPSA) is 64.1 Å². The van der Waals surface area contributed by atoms with Crippen LogP contribution in [0.3, 0.4) is 0 Å². The number of amides is 1. The summed E-state index contributed by atoms with van der Waals surface area (Å²) in [5.74, 6) is -0.216. The molecule has 0 unspecified atom stereocenters. The van der Waals surface area contributed by atoms with Gasteiger partial charge < -0.3 is 5.32 Å². The van der Waals surface area contributed by atoms with Crippen LogP contribution in [0.2, 0.25) is 0 Å². The van der Waals surface area contributed by atoms with E-state index in [1.54, 1.807) is 36.8 Å². The van der Waals surface area contributed by atoms with E-state index in [4.69, 9.17) is 11.9 Å². The summed E-state index contributed by atoms with van der Waals surface area (Å²) >= 11 is 6.85. The Balaban J connectivity index is 2.13. The van der Waals surface area contributed by atoms with E-state index in [0.29, 0.717) is 12.3 Å². The fraction of sp³-hybridized carbons (Fsp3) is 0.133. The molecule has 0 radical (unpaired) electrons. The molecule has 7 heteroatoms. The molecule has 0 aliphatic heterocycles. The zero-order valence-corrected chi connectivity index (χ0v) is 13.2. The number of pyridine rings is 2. The fourth-order valence-electron chi connectivity index (χ4n) is 2.13. The maximum Gasteiger partial charge on any atom is 0.269 e. The molecule has 0 fully saturated rings. The highest BCUT2D eigenvalue weighted by molar-refractivity contribution is 7.15. The predicted molar refractivity (Wildman–Crippen MR) is 86.9 cm³/mol. The molecule has 0 atom stereocenters. The van der Waals surface area contributed by atoms with Crippen molar-refractivity contribution in [2.75, 3.05) is 7.05 Å². The van der Waals surface area contributed by atoms with Crippen LogP contribution in [-0.2, 0) is 10.9 Å². The van der Waals surface area contributed by atoms with E-state index in [2.05, 4.69) is 19.6 Å². The average molecular weight is 334 g/mol. The molecule has 3 aromatic heterocycles. The first-order valence-electron chi connectivity index (χ1n) is 6.52. The standard InChI is InChI=1S/C15H12ClN3O2S/c1-17-15(20)12-4-2-9-6-18-7-11(14(9)19-12)13-5-3-10(22-13)8-21-16/h2-7H,8H2,1H3,(H,17,20). The maximum absolute atomic E-state index is 11.8. The number of fused-ring (bicyclic) bond motifs is 1. The summed E-state index contributed by atoms with van der Waals surface area (Å²) in [7, 11) is 1.58. The van der Waals surface area contributed by atoms with E-state index in [1.165, 1.54) is 0 Å². The molecule has 3 heterocycles. The van der Waals surface area contributed by atoms with Gasteiger partial charge in [-0.1, -0.05) is 0 Å². The van der Waals surface area contributed by atoms with Gasteiger partial charge in [0.2, 0.25) is 0 Å². The third-order valence-electron chi connectivity index (χ3n) is 3.18. The second kappa shape index (κ2) is 6.39. The fourth-order valence-corrected chi connectivity index (χ4v) is 3.25. The third kappa shape index (κ3) is 2.81. The summed E-state index contributed by atoms with van der Waals surface area (Å²) in [5.41, 5.74) is 2.01. The molecule has 0 spiro atoms. The quantitative estimate of drug-likeness (QED) is 0.795. The van der Waals surface area contributed by atoms with Gasteiger partial charge in [0.1, 0.15) is 12.3 Å². The van der Waals surface area contributed by atoms with Gasteiger partial charge in [-0.2, -0.15) is 0 Å². The van der Waals surface area contributed by atoms with E-state index in [-0.39, 0.29) is 5.91 Å². The van der Waals surface area contributed by atoms with E-state index < -0.39 is 0 Å². The molecule has 5 nitrogen and oxygen atoms in total. The van der Waals surface area contributed by atoms with Gasteiger partial charge in [0, 0.05) is 40.1 Å². The van der Waals surface area contributed by atoms with E-state index in [9.17, 15) is 4.79 Å². The van der Waals surface area contributed by atoms with Crippen LogP contribution in [0.15, 0.2) is 36.7 Å². The lowest BCUT2D eigenvalue weighted by Crippen LogP contribution is -2.19. The Hall–Kier alpha value is -2.02. The first-order chi connectivity index (χ1) is 10.7. The first kappa shape index (κ1) is 14.9. The molecule has 0 aliphatic rings. The Labute approximate surface area is 136 Å². The van der Waals surface area contributed by atoms with Crippen molar-refractivity contribution in [3.8, 4) is 10.4 Å². The highest BCUT2D eigenvalue weighted by Crippen LogP contribution is 2.32. The van der Waals surface area contributed by atoms with Crippen LogP contribution in [0.25, 0.3) is 21.3 Å². The lowest BCUT2D eigenvalue weighted by Gasteiger charge is -2.05. The third-order valence-corrected chi connectivity index (χ3v) is 4.38. The SMILES string of the molecule is CNC(=O)c1ccc2cncc(-c3ccc(COCl)s3)c2n1. The summed E-state index contributed by atoms with van der Waals surface area (Å²) in [5, 5.41) is 3.46. The smallest absolute Gasteiger partial charge is 0.269 e. The molecule has 0 aromatic carbocycles. The zero-order valence-electron chi connectivity index (χ0n) is 11.7. The zero-order chi connectivity index (χ0) is 15.5. The maximum atomic E-state index is 11.8. The van der Waals surface area contributed by atoms with Crippen molar-refractivity contribution in [3.63, 3.8) is 0 Å². The largest absolute Gasteiger partial charge is 0.354 e. The van der Waals surface area contributed by atoms with E-state index in [1.807, 2.05) is 18.2 Å². The van der Waals surface area contributed by atoms with Crippen LogP contribution in [0.5, 0.6) is 0 Å². The molecular weight excluding hydrogens is 322 g/mol. The van der Waals surface area contributed by atoms with Gasteiger partial charge >= 0.3 is 0 Å². The highest BCUT2D eigenvalue weighted by Gasteiger charge is 2.12. The van der Waals surface area contributed by atoms with Crippen LogP contribution < -0.4 is 5.32 Å². The summed E-state index contributed by atoms with van der Waals surface area (Å²) in [4.78, 5) is 22.5. The second-order valence-electron chi connectivity index (χ2n) is 4.55. The Kier molecular flexibility index (Phi) is 4.33. The number of hydrogen-bond donors (Lipinski definition) is 1. The molecule has 0 saturated carbocycles. The lowest BCUT2D eigenvalue weighted by molar-refractivity contribution is 0.0958. The summed E-state index contributed by atoms with van der Waals surface area (Å²) in [6.45, 7) is 0.349. The molecule has 0 aliphatic carbocycles. The number of nitrogens with zero attached hydrogens (tertiary/aromatic N) is 2. The monoisotopic (exact) mass is 333 g/mol. The van der Waals surface area contributed by atoms with Gasteiger partial charge in [-0.15, -0.1) is 11.3 Å². The van der Waals surface area contributed by atoms with Gasteiger partial charge in [0.05, 0.1) is 17.4 Å². The number of hydrogen-bond acceptors (Lipinski definition) is 5. The van der Waals surface area contributed by atoms with Gasteiger partial charge in [-0.05, 0) is 24.3 Å².